The van der Waals surface area contributed by atoms with Crippen LogP contribution < -0.4 is 10.6 Å². The molecule has 1 aromatic heterocycles. The molecule has 0 bridgehead atoms. The Kier molecular flexibility index (Phi) is 8.23. The lowest BCUT2D eigenvalue weighted by atomic mass is 9.85. The van der Waals surface area contributed by atoms with E-state index in [1.165, 1.54) is 0 Å². The Hall–Kier alpha value is -4.44. The molecule has 184 valence electrons. The largest absolute Gasteiger partial charge is 0.373 e. The summed E-state index contributed by atoms with van der Waals surface area (Å²) in [5.41, 5.74) is 5.02. The van der Waals surface area contributed by atoms with Crippen LogP contribution in [0.3, 0.4) is 0 Å². The van der Waals surface area contributed by atoms with Crippen LogP contribution in [0.15, 0.2) is 77.8 Å². The third-order valence-corrected chi connectivity index (χ3v) is 5.94. The van der Waals surface area contributed by atoms with Gasteiger partial charge in [-0.1, -0.05) is 24.3 Å². The van der Waals surface area contributed by atoms with E-state index in [2.05, 4.69) is 26.8 Å². The molecule has 2 N–H and O–H groups in total. The molecule has 3 aromatic rings. The van der Waals surface area contributed by atoms with Crippen LogP contribution in [-0.4, -0.2) is 28.9 Å². The van der Waals surface area contributed by atoms with Crippen LogP contribution in [-0.2, 0) is 5.41 Å². The molecule has 0 saturated carbocycles. The standard InChI is InChI=1S/C29H32N6O/c1-7-21(16-32-27(8-2)31-6)23-17-33-35(18-23)26-15-25(13-12-20(26)3)34-28(36)22-10-9-11-24(14-22)29(4,5)19-30/h7-18,31H,1-6H3,(H,34,36)/b21-7-,27-8-,32-16-. The number of amides is 1. The van der Waals surface area contributed by atoms with Gasteiger partial charge in [0.05, 0.1) is 23.4 Å². The Morgan fingerprint density at radius 1 is 1.14 bits per heavy atom. The maximum Gasteiger partial charge on any atom is 0.255 e. The van der Waals surface area contributed by atoms with Gasteiger partial charge in [-0.15, -0.1) is 0 Å². The van der Waals surface area contributed by atoms with Crippen LogP contribution in [0.25, 0.3) is 11.3 Å². The van der Waals surface area contributed by atoms with Crippen molar-refractivity contribution in [1.29, 1.82) is 5.26 Å². The molecular weight excluding hydrogens is 448 g/mol. The molecule has 0 spiro atoms. The van der Waals surface area contributed by atoms with Gasteiger partial charge < -0.3 is 10.6 Å². The number of anilines is 1. The quantitative estimate of drug-likeness (QED) is 0.399. The number of rotatable bonds is 8. The molecule has 1 amide bonds. The smallest absolute Gasteiger partial charge is 0.255 e. The van der Waals surface area contributed by atoms with Crippen molar-refractivity contribution in [2.45, 2.75) is 40.0 Å². The first-order valence-corrected chi connectivity index (χ1v) is 11.8. The lowest BCUT2D eigenvalue weighted by Crippen LogP contribution is -2.17. The Balaban J connectivity index is 1.85. The summed E-state index contributed by atoms with van der Waals surface area (Å²) in [5, 5.41) is 20.0. The average Bonchev–Trinajstić information content (AvgIpc) is 3.37. The van der Waals surface area contributed by atoms with Crippen molar-refractivity contribution in [1.82, 2.24) is 15.1 Å². The number of carbonyl (C=O) groups excluding carboxylic acids is 1. The van der Waals surface area contributed by atoms with Crippen LogP contribution in [0.5, 0.6) is 0 Å². The van der Waals surface area contributed by atoms with Crippen LogP contribution >= 0.6 is 0 Å². The maximum absolute atomic E-state index is 13.0. The first kappa shape index (κ1) is 26.2. The number of carbonyl (C=O) groups is 1. The highest BCUT2D eigenvalue weighted by molar-refractivity contribution is 6.09. The lowest BCUT2D eigenvalue weighted by molar-refractivity contribution is 0.102. The molecule has 7 nitrogen and oxygen atoms in total. The molecule has 3 rings (SSSR count). The molecule has 36 heavy (non-hydrogen) atoms. The molecule has 0 unspecified atom stereocenters. The van der Waals surface area contributed by atoms with E-state index in [1.54, 1.807) is 35.3 Å². The number of aryl methyl sites for hydroxylation is 1. The first-order chi connectivity index (χ1) is 17.2. The van der Waals surface area contributed by atoms with E-state index in [-0.39, 0.29) is 5.91 Å². The van der Waals surface area contributed by atoms with Crippen LogP contribution in [0.2, 0.25) is 0 Å². The lowest BCUT2D eigenvalue weighted by Gasteiger charge is -2.16. The second kappa shape index (κ2) is 11.3. The van der Waals surface area contributed by atoms with Crippen molar-refractivity contribution in [2.75, 3.05) is 12.4 Å². The Morgan fingerprint density at radius 3 is 2.58 bits per heavy atom. The summed E-state index contributed by atoms with van der Waals surface area (Å²) >= 11 is 0. The summed E-state index contributed by atoms with van der Waals surface area (Å²) < 4.78 is 1.79. The summed E-state index contributed by atoms with van der Waals surface area (Å²) in [6.45, 7) is 9.55. The van der Waals surface area contributed by atoms with Gasteiger partial charge in [0.15, 0.2) is 0 Å². The highest BCUT2D eigenvalue weighted by Gasteiger charge is 2.21. The van der Waals surface area contributed by atoms with Gasteiger partial charge in [0, 0.05) is 36.3 Å². The van der Waals surface area contributed by atoms with Crippen molar-refractivity contribution in [3.63, 3.8) is 0 Å². The van der Waals surface area contributed by atoms with Gasteiger partial charge in [-0.3, -0.25) is 4.79 Å². The first-order valence-electron chi connectivity index (χ1n) is 11.8. The number of hydrogen-bond acceptors (Lipinski definition) is 5. The number of aliphatic imine (C=N–C) groups is 1. The Labute approximate surface area is 212 Å². The summed E-state index contributed by atoms with van der Waals surface area (Å²) in [5.74, 6) is 0.543. The maximum atomic E-state index is 13.0. The SMILES string of the molecule is C\C=C(/N=C\C(=C\C)c1cnn(-c2cc(NC(=O)c3cccc(C(C)(C)C#N)c3)ccc2C)c1)NC. The number of nitrogens with one attached hydrogen (secondary N) is 2. The second-order valence-electron chi connectivity index (χ2n) is 8.87. The third-order valence-electron chi connectivity index (χ3n) is 5.94. The molecule has 1 heterocycles. The summed E-state index contributed by atoms with van der Waals surface area (Å²) in [7, 11) is 1.83. The number of aromatic nitrogens is 2. The predicted octanol–water partition coefficient (Wildman–Crippen LogP) is 5.79. The minimum atomic E-state index is -0.678. The van der Waals surface area contributed by atoms with E-state index in [0.717, 1.165) is 33.8 Å². The Bertz CT molecular complexity index is 1380. The number of nitrogens with zero attached hydrogens (tertiary/aromatic N) is 4. The fourth-order valence-corrected chi connectivity index (χ4v) is 3.59. The zero-order valence-corrected chi connectivity index (χ0v) is 21.6. The van der Waals surface area contributed by atoms with Crippen molar-refractivity contribution < 1.29 is 4.79 Å². The van der Waals surface area contributed by atoms with Crippen molar-refractivity contribution in [3.8, 4) is 11.8 Å². The van der Waals surface area contributed by atoms with Gasteiger partial charge in [0.2, 0.25) is 0 Å². The molecule has 2 aromatic carbocycles. The number of allylic oxidation sites excluding steroid dienone is 3. The summed E-state index contributed by atoms with van der Waals surface area (Å²) in [6, 6.07) is 15.2. The Morgan fingerprint density at radius 2 is 1.92 bits per heavy atom. The minimum absolute atomic E-state index is 0.238. The molecule has 7 heteroatoms. The molecular formula is C29H32N6O. The van der Waals surface area contributed by atoms with Gasteiger partial charge in [-0.2, -0.15) is 10.4 Å². The van der Waals surface area contributed by atoms with Crippen LogP contribution in [0, 0.1) is 18.3 Å². The topological polar surface area (TPSA) is 95.1 Å². The average molecular weight is 481 g/mol. The highest BCUT2D eigenvalue weighted by Crippen LogP contribution is 2.25. The normalized spacial score (nSPS) is 12.5. The molecule has 0 atom stereocenters. The van der Waals surface area contributed by atoms with E-state index in [1.807, 2.05) is 84.3 Å². The van der Waals surface area contributed by atoms with Crippen LogP contribution in [0.4, 0.5) is 5.69 Å². The van der Waals surface area contributed by atoms with Gasteiger partial charge >= 0.3 is 0 Å². The van der Waals surface area contributed by atoms with Crippen molar-refractivity contribution in [2.24, 2.45) is 4.99 Å². The fraction of sp³-hybridized carbons (Fsp3) is 0.241. The molecule has 0 aliphatic rings. The van der Waals surface area contributed by atoms with E-state index in [0.29, 0.717) is 11.3 Å². The van der Waals surface area contributed by atoms with Gasteiger partial charge in [-0.05, 0) is 81.7 Å². The van der Waals surface area contributed by atoms with Crippen molar-refractivity contribution in [3.05, 3.63) is 95.1 Å². The number of hydrogen-bond donors (Lipinski definition) is 2. The second-order valence-corrected chi connectivity index (χ2v) is 8.87. The molecule has 0 saturated heterocycles. The number of benzene rings is 2. The molecule has 0 aliphatic heterocycles. The monoisotopic (exact) mass is 480 g/mol. The highest BCUT2D eigenvalue weighted by atomic mass is 16.1. The van der Waals surface area contributed by atoms with Crippen molar-refractivity contribution >= 4 is 23.4 Å². The molecule has 0 aliphatic carbocycles. The molecule has 0 radical (unpaired) electrons. The summed E-state index contributed by atoms with van der Waals surface area (Å²) in [6.07, 6.45) is 9.43. The summed E-state index contributed by atoms with van der Waals surface area (Å²) in [4.78, 5) is 17.4. The van der Waals surface area contributed by atoms with Gasteiger partial charge in [-0.25, -0.2) is 9.67 Å². The zero-order chi connectivity index (χ0) is 26.3. The van der Waals surface area contributed by atoms with E-state index in [9.17, 15) is 10.1 Å². The van der Waals surface area contributed by atoms with E-state index < -0.39 is 5.41 Å². The fourth-order valence-electron chi connectivity index (χ4n) is 3.59. The number of nitriles is 1. The predicted molar refractivity (Wildman–Crippen MR) is 146 cm³/mol. The zero-order valence-electron chi connectivity index (χ0n) is 21.6. The van der Waals surface area contributed by atoms with Crippen LogP contribution in [0.1, 0.15) is 54.7 Å². The van der Waals surface area contributed by atoms with Gasteiger partial charge in [0.25, 0.3) is 5.91 Å². The van der Waals surface area contributed by atoms with Gasteiger partial charge in [0.1, 0.15) is 5.82 Å². The molecule has 0 fully saturated rings. The third kappa shape index (κ3) is 5.97. The van der Waals surface area contributed by atoms with E-state index >= 15 is 0 Å². The van der Waals surface area contributed by atoms with E-state index in [4.69, 9.17) is 0 Å². The minimum Gasteiger partial charge on any atom is -0.373 e.